The molecule has 3 aromatic rings. The minimum absolute atomic E-state index is 0.0530. The summed E-state index contributed by atoms with van der Waals surface area (Å²) in [6.07, 6.45) is 3.86. The molecule has 2 aliphatic heterocycles. The van der Waals surface area contributed by atoms with Crippen LogP contribution in [0.25, 0.3) is 11.3 Å². The van der Waals surface area contributed by atoms with Crippen molar-refractivity contribution in [3.63, 3.8) is 0 Å². The smallest absolute Gasteiger partial charge is 0.399 e. The fourth-order valence-corrected chi connectivity index (χ4v) is 6.37. The summed E-state index contributed by atoms with van der Waals surface area (Å²) in [5.41, 5.74) is -1.30. The van der Waals surface area contributed by atoms with Crippen LogP contribution < -0.4 is 9.77 Å². The molecule has 2 fully saturated rings. The van der Waals surface area contributed by atoms with Crippen LogP contribution in [-0.2, 0) is 28.8 Å². The van der Waals surface area contributed by atoms with E-state index in [1.165, 1.54) is 25.3 Å². The van der Waals surface area contributed by atoms with Crippen molar-refractivity contribution in [2.45, 2.75) is 69.3 Å². The molecular weight excluding hydrogens is 574 g/mol. The molecule has 9 nitrogen and oxygen atoms in total. The van der Waals surface area contributed by atoms with Crippen molar-refractivity contribution in [2.24, 2.45) is 0 Å². The predicted octanol–water partition coefficient (Wildman–Crippen LogP) is 4.76. The van der Waals surface area contributed by atoms with Crippen LogP contribution in [0.1, 0.15) is 53.2 Å². The molecule has 0 saturated carbocycles. The fraction of sp³-hybridized carbons (Fsp3) is 0.464. The highest BCUT2D eigenvalue weighted by atomic mass is 32.2. The van der Waals surface area contributed by atoms with Crippen molar-refractivity contribution in [1.29, 1.82) is 0 Å². The average Bonchev–Trinajstić information content (AvgIpc) is 3.47. The summed E-state index contributed by atoms with van der Waals surface area (Å²) < 4.78 is 97.7. The third-order valence-corrected chi connectivity index (χ3v) is 9.68. The number of hydrogen-bond acceptors (Lipinski definition) is 7. The lowest BCUT2D eigenvalue weighted by atomic mass is 9.78. The number of halogens is 3. The van der Waals surface area contributed by atoms with Gasteiger partial charge in [-0.1, -0.05) is 6.07 Å². The van der Waals surface area contributed by atoms with Gasteiger partial charge in [0.15, 0.2) is 5.82 Å². The van der Waals surface area contributed by atoms with E-state index in [1.807, 2.05) is 27.7 Å². The molecule has 3 heterocycles. The van der Waals surface area contributed by atoms with E-state index in [0.717, 1.165) is 18.9 Å². The first-order chi connectivity index (χ1) is 19.8. The van der Waals surface area contributed by atoms with Gasteiger partial charge >= 0.3 is 7.12 Å². The second-order valence-electron chi connectivity index (χ2n) is 11.3. The van der Waals surface area contributed by atoms with E-state index in [2.05, 4.69) is 5.10 Å². The van der Waals surface area contributed by atoms with E-state index in [0.29, 0.717) is 34.9 Å². The lowest BCUT2D eigenvalue weighted by molar-refractivity contribution is -0.0393. The maximum atomic E-state index is 16.5. The van der Waals surface area contributed by atoms with Gasteiger partial charge in [0, 0.05) is 30.9 Å². The number of benzene rings is 2. The van der Waals surface area contributed by atoms with E-state index < -0.39 is 63.1 Å². The van der Waals surface area contributed by atoms with Crippen LogP contribution in [-0.4, -0.2) is 57.0 Å². The molecule has 0 aliphatic carbocycles. The molecule has 14 heteroatoms. The summed E-state index contributed by atoms with van der Waals surface area (Å²) in [6, 6.07) is 6.12. The van der Waals surface area contributed by atoms with Crippen LogP contribution in [0.5, 0.6) is 0 Å². The van der Waals surface area contributed by atoms with Crippen molar-refractivity contribution >= 4 is 28.3 Å². The van der Waals surface area contributed by atoms with Crippen LogP contribution in [0.4, 0.5) is 18.9 Å². The van der Waals surface area contributed by atoms with Gasteiger partial charge < -0.3 is 18.8 Å². The molecular formula is C28H33BF3N3O6S. The SMILES string of the molecule is COCN(c1cccc(-c2nn(C3CCCCO3)cc2B2OC(C)(C)C(C)(C)O2)c1F)S(=O)(=O)c1cc(F)ccc1F. The highest BCUT2D eigenvalue weighted by molar-refractivity contribution is 7.92. The van der Waals surface area contributed by atoms with Gasteiger partial charge in [-0.15, -0.1) is 0 Å². The molecule has 0 radical (unpaired) electrons. The van der Waals surface area contributed by atoms with Gasteiger partial charge in [0.05, 0.1) is 22.6 Å². The first kappa shape index (κ1) is 30.5. The first-order valence-corrected chi connectivity index (χ1v) is 15.0. The summed E-state index contributed by atoms with van der Waals surface area (Å²) in [6.45, 7) is 7.44. The number of sulfonamides is 1. The van der Waals surface area contributed by atoms with Gasteiger partial charge in [-0.25, -0.2) is 30.6 Å². The minimum atomic E-state index is -4.80. The molecule has 42 heavy (non-hydrogen) atoms. The Balaban J connectivity index is 1.64. The molecule has 226 valence electrons. The van der Waals surface area contributed by atoms with Crippen molar-refractivity contribution in [3.05, 3.63) is 60.0 Å². The third-order valence-electron chi connectivity index (χ3n) is 7.93. The van der Waals surface area contributed by atoms with Gasteiger partial charge in [-0.05, 0) is 77.3 Å². The molecule has 1 unspecified atom stereocenters. The fourth-order valence-electron chi connectivity index (χ4n) is 4.91. The van der Waals surface area contributed by atoms with Crippen LogP contribution >= 0.6 is 0 Å². The van der Waals surface area contributed by atoms with Crippen molar-refractivity contribution in [3.8, 4) is 11.3 Å². The second-order valence-corrected chi connectivity index (χ2v) is 13.1. The molecule has 2 aliphatic rings. The summed E-state index contributed by atoms with van der Waals surface area (Å²) in [5, 5.41) is 4.68. The zero-order valence-electron chi connectivity index (χ0n) is 24.1. The van der Waals surface area contributed by atoms with Gasteiger partial charge in [0.2, 0.25) is 0 Å². The molecule has 0 amide bonds. The van der Waals surface area contributed by atoms with Gasteiger partial charge in [0.25, 0.3) is 10.0 Å². The van der Waals surface area contributed by atoms with E-state index in [4.69, 9.17) is 18.8 Å². The molecule has 1 atom stereocenters. The van der Waals surface area contributed by atoms with Gasteiger partial charge in [-0.2, -0.15) is 5.10 Å². The third kappa shape index (κ3) is 5.46. The molecule has 0 N–H and O–H groups in total. The number of nitrogens with zero attached hydrogens (tertiary/aromatic N) is 3. The maximum absolute atomic E-state index is 16.5. The highest BCUT2D eigenvalue weighted by Gasteiger charge is 2.53. The summed E-state index contributed by atoms with van der Waals surface area (Å²) in [7, 11) is -4.51. The summed E-state index contributed by atoms with van der Waals surface area (Å²) in [4.78, 5) is -0.957. The second kappa shape index (κ2) is 11.3. The van der Waals surface area contributed by atoms with Crippen LogP contribution in [0, 0.1) is 17.5 Å². The normalized spacial score (nSPS) is 20.2. The lowest BCUT2D eigenvalue weighted by Crippen LogP contribution is -2.41. The molecule has 1 aromatic heterocycles. The average molecular weight is 607 g/mol. The molecule has 0 bridgehead atoms. The summed E-state index contributed by atoms with van der Waals surface area (Å²) >= 11 is 0. The predicted molar refractivity (Wildman–Crippen MR) is 150 cm³/mol. The Labute approximate surface area is 243 Å². The quantitative estimate of drug-likeness (QED) is 0.269. The first-order valence-electron chi connectivity index (χ1n) is 13.6. The minimum Gasteiger partial charge on any atom is -0.399 e. The number of ether oxygens (including phenoxy) is 2. The molecule has 5 rings (SSSR count). The lowest BCUT2D eigenvalue weighted by Gasteiger charge is -2.32. The Morgan fingerprint density at radius 2 is 1.81 bits per heavy atom. The summed E-state index contributed by atoms with van der Waals surface area (Å²) in [5.74, 6) is -3.13. The Morgan fingerprint density at radius 3 is 2.45 bits per heavy atom. The number of rotatable bonds is 8. The van der Waals surface area contributed by atoms with Crippen LogP contribution in [0.2, 0.25) is 0 Å². The van der Waals surface area contributed by atoms with Crippen molar-refractivity contribution in [1.82, 2.24) is 9.78 Å². The van der Waals surface area contributed by atoms with Gasteiger partial charge in [-0.3, -0.25) is 0 Å². The Hall–Kier alpha value is -2.91. The molecule has 0 spiro atoms. The number of aromatic nitrogens is 2. The van der Waals surface area contributed by atoms with Gasteiger partial charge in [0.1, 0.15) is 29.5 Å². The van der Waals surface area contributed by atoms with Crippen LogP contribution in [0.15, 0.2) is 47.5 Å². The van der Waals surface area contributed by atoms with E-state index in [-0.39, 0.29) is 17.5 Å². The Bertz CT molecular complexity index is 1560. The van der Waals surface area contributed by atoms with E-state index >= 15 is 4.39 Å². The number of methoxy groups -OCH3 is 1. The maximum Gasteiger partial charge on any atom is 0.498 e. The topological polar surface area (TPSA) is 92.1 Å². The zero-order valence-corrected chi connectivity index (χ0v) is 24.9. The van der Waals surface area contributed by atoms with Crippen molar-refractivity contribution < 1.29 is 40.4 Å². The molecule has 2 aromatic carbocycles. The largest absolute Gasteiger partial charge is 0.498 e. The number of anilines is 1. The van der Waals surface area contributed by atoms with Crippen molar-refractivity contribution in [2.75, 3.05) is 24.8 Å². The monoisotopic (exact) mass is 607 g/mol. The number of hydrogen-bond donors (Lipinski definition) is 0. The zero-order chi connectivity index (χ0) is 30.4. The van der Waals surface area contributed by atoms with E-state index in [1.54, 1.807) is 10.9 Å². The Morgan fingerprint density at radius 1 is 1.10 bits per heavy atom. The Kier molecular flexibility index (Phi) is 8.22. The highest BCUT2D eigenvalue weighted by Crippen LogP contribution is 2.39. The van der Waals surface area contributed by atoms with Crippen LogP contribution in [0.3, 0.4) is 0 Å². The standard InChI is InChI=1S/C28H33BF3N3O6S/c1-27(2)28(3,4)41-29(40-27)20-16-34(24-11-6-7-14-39-24)33-26(20)19-9-8-10-22(25(19)32)35(17-38-5)42(36,37)23-15-18(30)12-13-21(23)31/h8-10,12-13,15-16,24H,6-7,11,14,17H2,1-5H3. The molecule has 2 saturated heterocycles. The van der Waals surface area contributed by atoms with E-state index in [9.17, 15) is 17.2 Å².